The van der Waals surface area contributed by atoms with Gasteiger partial charge in [-0.25, -0.2) is 0 Å². The van der Waals surface area contributed by atoms with Crippen LogP contribution in [0.5, 0.6) is 5.75 Å². The summed E-state index contributed by atoms with van der Waals surface area (Å²) in [5, 5.41) is 12.5. The number of rotatable bonds is 6. The second-order valence-corrected chi connectivity index (χ2v) is 3.47. The molecule has 0 fully saturated rings. The first-order valence-electron chi connectivity index (χ1n) is 5.30. The number of nitrogens with one attached hydrogen (secondary N) is 1. The minimum Gasteiger partial charge on any atom is -0.497 e. The van der Waals surface area contributed by atoms with Crippen LogP contribution in [0.15, 0.2) is 24.3 Å². The van der Waals surface area contributed by atoms with Crippen LogP contribution in [-0.2, 0) is 0 Å². The summed E-state index contributed by atoms with van der Waals surface area (Å²) in [6.07, 6.45) is 1.06. The van der Waals surface area contributed by atoms with Gasteiger partial charge in [0, 0.05) is 0 Å². The van der Waals surface area contributed by atoms with Gasteiger partial charge in [0.1, 0.15) is 5.75 Å². The Morgan fingerprint density at radius 2 is 2.27 bits per heavy atom. The Morgan fingerprint density at radius 3 is 2.87 bits per heavy atom. The van der Waals surface area contributed by atoms with Crippen molar-refractivity contribution in [3.63, 3.8) is 0 Å². The van der Waals surface area contributed by atoms with Gasteiger partial charge in [-0.2, -0.15) is 0 Å². The fourth-order valence-electron chi connectivity index (χ4n) is 1.46. The molecule has 84 valence electrons. The largest absolute Gasteiger partial charge is 0.497 e. The molecule has 0 aliphatic heterocycles. The van der Waals surface area contributed by atoms with Gasteiger partial charge in [-0.3, -0.25) is 0 Å². The Kier molecular flexibility index (Phi) is 5.15. The van der Waals surface area contributed by atoms with Crippen molar-refractivity contribution in [1.82, 2.24) is 5.32 Å². The molecular formula is C12H19NO2. The van der Waals surface area contributed by atoms with Crippen LogP contribution in [0.25, 0.3) is 0 Å². The summed E-state index contributed by atoms with van der Waals surface area (Å²) in [6, 6.07) is 7.78. The highest BCUT2D eigenvalue weighted by Gasteiger charge is 2.09. The van der Waals surface area contributed by atoms with Crippen LogP contribution in [0.3, 0.4) is 0 Å². The van der Waals surface area contributed by atoms with Crippen LogP contribution < -0.4 is 10.1 Å². The highest BCUT2D eigenvalue weighted by molar-refractivity contribution is 5.30. The number of aliphatic hydroxyl groups is 1. The Balaban J connectivity index is 2.72. The Labute approximate surface area is 91.1 Å². The molecule has 0 aromatic heterocycles. The smallest absolute Gasteiger partial charge is 0.119 e. The van der Waals surface area contributed by atoms with E-state index in [2.05, 4.69) is 12.2 Å². The number of benzene rings is 1. The molecule has 0 heterocycles. The summed E-state index contributed by atoms with van der Waals surface area (Å²) in [6.45, 7) is 3.11. The zero-order valence-electron chi connectivity index (χ0n) is 9.36. The predicted molar refractivity (Wildman–Crippen MR) is 61.1 cm³/mol. The molecule has 1 rings (SSSR count). The fourth-order valence-corrected chi connectivity index (χ4v) is 1.46. The van der Waals surface area contributed by atoms with Crippen molar-refractivity contribution in [2.75, 3.05) is 20.3 Å². The summed E-state index contributed by atoms with van der Waals surface area (Å²) in [5.41, 5.74) is 1.06. The Bertz CT molecular complexity index is 289. The molecule has 1 aromatic rings. The number of hydrogen-bond donors (Lipinski definition) is 2. The lowest BCUT2D eigenvalue weighted by Crippen LogP contribution is -2.25. The van der Waals surface area contributed by atoms with Crippen molar-refractivity contribution >= 4 is 0 Å². The SMILES string of the molecule is CCCNC(CO)c1cccc(OC)c1. The van der Waals surface area contributed by atoms with E-state index in [1.54, 1.807) is 7.11 Å². The highest BCUT2D eigenvalue weighted by atomic mass is 16.5. The molecule has 1 aromatic carbocycles. The maximum atomic E-state index is 9.27. The predicted octanol–water partition coefficient (Wildman–Crippen LogP) is 1.73. The average Bonchev–Trinajstić information content (AvgIpc) is 2.30. The molecule has 0 bridgehead atoms. The molecule has 0 amide bonds. The quantitative estimate of drug-likeness (QED) is 0.749. The van der Waals surface area contributed by atoms with E-state index in [1.807, 2.05) is 24.3 Å². The number of ether oxygens (including phenoxy) is 1. The molecule has 0 saturated heterocycles. The first-order chi connectivity index (χ1) is 7.31. The third kappa shape index (κ3) is 3.53. The molecule has 3 nitrogen and oxygen atoms in total. The lowest BCUT2D eigenvalue weighted by Gasteiger charge is -2.16. The lowest BCUT2D eigenvalue weighted by molar-refractivity contribution is 0.244. The number of aliphatic hydroxyl groups excluding tert-OH is 1. The van der Waals surface area contributed by atoms with E-state index in [0.29, 0.717) is 0 Å². The van der Waals surface area contributed by atoms with Crippen molar-refractivity contribution in [2.45, 2.75) is 19.4 Å². The third-order valence-electron chi connectivity index (χ3n) is 2.32. The molecule has 2 N–H and O–H groups in total. The van der Waals surface area contributed by atoms with Gasteiger partial charge in [-0.15, -0.1) is 0 Å². The van der Waals surface area contributed by atoms with E-state index >= 15 is 0 Å². The van der Waals surface area contributed by atoms with Crippen molar-refractivity contribution in [2.24, 2.45) is 0 Å². The van der Waals surface area contributed by atoms with Crippen molar-refractivity contribution in [3.8, 4) is 5.75 Å². The summed E-state index contributed by atoms with van der Waals surface area (Å²) in [7, 11) is 1.65. The molecule has 3 heteroatoms. The molecule has 0 aliphatic rings. The maximum Gasteiger partial charge on any atom is 0.119 e. The molecule has 0 saturated carbocycles. The van der Waals surface area contributed by atoms with E-state index in [0.717, 1.165) is 24.3 Å². The molecule has 0 spiro atoms. The first-order valence-corrected chi connectivity index (χ1v) is 5.30. The van der Waals surface area contributed by atoms with E-state index in [1.165, 1.54) is 0 Å². The van der Waals surface area contributed by atoms with Crippen molar-refractivity contribution in [3.05, 3.63) is 29.8 Å². The van der Waals surface area contributed by atoms with Crippen molar-refractivity contribution in [1.29, 1.82) is 0 Å². The van der Waals surface area contributed by atoms with Gasteiger partial charge < -0.3 is 15.2 Å². The lowest BCUT2D eigenvalue weighted by atomic mass is 10.1. The van der Waals surface area contributed by atoms with Crippen LogP contribution in [-0.4, -0.2) is 25.4 Å². The zero-order valence-corrected chi connectivity index (χ0v) is 9.36. The Hall–Kier alpha value is -1.06. The van der Waals surface area contributed by atoms with Gasteiger partial charge in [-0.05, 0) is 30.7 Å². The maximum absolute atomic E-state index is 9.27. The van der Waals surface area contributed by atoms with Crippen molar-refractivity contribution < 1.29 is 9.84 Å². The molecular weight excluding hydrogens is 190 g/mol. The molecule has 1 unspecified atom stereocenters. The van der Waals surface area contributed by atoms with Gasteiger partial charge >= 0.3 is 0 Å². The summed E-state index contributed by atoms with van der Waals surface area (Å²) >= 11 is 0. The normalized spacial score (nSPS) is 12.5. The van der Waals surface area contributed by atoms with Crippen LogP contribution in [0.1, 0.15) is 24.9 Å². The van der Waals surface area contributed by atoms with E-state index < -0.39 is 0 Å². The van der Waals surface area contributed by atoms with Crippen LogP contribution >= 0.6 is 0 Å². The van der Waals surface area contributed by atoms with Gasteiger partial charge in [0.2, 0.25) is 0 Å². The Morgan fingerprint density at radius 1 is 1.47 bits per heavy atom. The highest BCUT2D eigenvalue weighted by Crippen LogP contribution is 2.18. The van der Waals surface area contributed by atoms with Gasteiger partial charge in [-0.1, -0.05) is 19.1 Å². The second kappa shape index (κ2) is 6.43. The standard InChI is InChI=1S/C12H19NO2/c1-3-7-13-12(9-14)10-5-4-6-11(8-10)15-2/h4-6,8,12-14H,3,7,9H2,1-2H3. The summed E-state index contributed by atoms with van der Waals surface area (Å²) in [4.78, 5) is 0. The zero-order chi connectivity index (χ0) is 11.1. The third-order valence-corrected chi connectivity index (χ3v) is 2.32. The van der Waals surface area contributed by atoms with Gasteiger partial charge in [0.05, 0.1) is 19.8 Å². The first kappa shape index (κ1) is 12.0. The van der Waals surface area contributed by atoms with Gasteiger partial charge in [0.25, 0.3) is 0 Å². The molecule has 15 heavy (non-hydrogen) atoms. The van der Waals surface area contributed by atoms with Crippen LogP contribution in [0, 0.1) is 0 Å². The summed E-state index contributed by atoms with van der Waals surface area (Å²) in [5.74, 6) is 0.823. The van der Waals surface area contributed by atoms with Crippen LogP contribution in [0.4, 0.5) is 0 Å². The number of hydrogen-bond acceptors (Lipinski definition) is 3. The molecule has 1 atom stereocenters. The summed E-state index contributed by atoms with van der Waals surface area (Å²) < 4.78 is 5.14. The minimum absolute atomic E-state index is 0.0000463. The number of methoxy groups -OCH3 is 1. The van der Waals surface area contributed by atoms with Crippen LogP contribution in [0.2, 0.25) is 0 Å². The molecule has 0 radical (unpaired) electrons. The van der Waals surface area contributed by atoms with E-state index in [-0.39, 0.29) is 12.6 Å². The fraction of sp³-hybridized carbons (Fsp3) is 0.500. The topological polar surface area (TPSA) is 41.5 Å². The molecule has 0 aliphatic carbocycles. The average molecular weight is 209 g/mol. The minimum atomic E-state index is 0.0000463. The second-order valence-electron chi connectivity index (χ2n) is 3.47. The van der Waals surface area contributed by atoms with E-state index in [4.69, 9.17) is 4.74 Å². The van der Waals surface area contributed by atoms with E-state index in [9.17, 15) is 5.11 Å². The monoisotopic (exact) mass is 209 g/mol. The van der Waals surface area contributed by atoms with Gasteiger partial charge in [0.15, 0.2) is 0 Å².